The zero-order valence-electron chi connectivity index (χ0n) is 10.8. The molecule has 0 bridgehead atoms. The minimum Gasteiger partial charge on any atom is -0.456 e. The maximum atomic E-state index is 12.1. The van der Waals surface area contributed by atoms with Gasteiger partial charge in [-0.2, -0.15) is 5.10 Å². The van der Waals surface area contributed by atoms with E-state index < -0.39 is 0 Å². The Morgan fingerprint density at radius 3 is 3.00 bits per heavy atom. The minimum atomic E-state index is -0.315. The van der Waals surface area contributed by atoms with Crippen LogP contribution in [-0.2, 0) is 11.3 Å². The highest BCUT2D eigenvalue weighted by molar-refractivity contribution is 5.87. The lowest BCUT2D eigenvalue weighted by molar-refractivity contribution is 0.0247. The molecule has 0 radical (unpaired) electrons. The number of esters is 1. The molecule has 0 aliphatic heterocycles. The van der Waals surface area contributed by atoms with Crippen molar-refractivity contribution in [3.05, 3.63) is 17.5 Å². The first-order valence-corrected chi connectivity index (χ1v) is 6.34. The van der Waals surface area contributed by atoms with Crippen LogP contribution >= 0.6 is 0 Å². The molecule has 0 spiro atoms. The molecule has 1 aliphatic rings. The summed E-state index contributed by atoms with van der Waals surface area (Å²) in [5, 5.41) is 4.24. The van der Waals surface area contributed by atoms with Gasteiger partial charge in [-0.15, -0.1) is 12.3 Å². The number of carbonyl (C=O) groups is 1. The van der Waals surface area contributed by atoms with Crippen LogP contribution in [0, 0.1) is 25.2 Å². The number of aromatic nitrogens is 2. The number of ether oxygens (including phenoxy) is 1. The lowest BCUT2D eigenvalue weighted by Gasteiger charge is -2.15. The first-order valence-electron chi connectivity index (χ1n) is 6.34. The van der Waals surface area contributed by atoms with Gasteiger partial charge in [0.2, 0.25) is 0 Å². The molecule has 1 heterocycles. The summed E-state index contributed by atoms with van der Waals surface area (Å²) in [6.07, 6.45) is 7.88. The molecular weight excluding hydrogens is 228 g/mol. The standard InChI is InChI=1S/C14H18N2O2/c1-4-6-13(11-7-8-11)18-14(17)12-9-10(3)15-16(12)5-2/h1,9,11,13H,5-8H2,2-3H3. The molecule has 1 aromatic rings. The van der Waals surface area contributed by atoms with Crippen LogP contribution in [0.1, 0.15) is 42.4 Å². The Morgan fingerprint density at radius 1 is 1.72 bits per heavy atom. The minimum absolute atomic E-state index is 0.136. The second-order valence-electron chi connectivity index (χ2n) is 4.68. The Bertz CT molecular complexity index is 480. The normalized spacial score (nSPS) is 16.1. The molecule has 0 saturated heterocycles. The van der Waals surface area contributed by atoms with E-state index in [0.717, 1.165) is 18.5 Å². The average Bonchev–Trinajstić information content (AvgIpc) is 3.11. The third-order valence-corrected chi connectivity index (χ3v) is 3.14. The van der Waals surface area contributed by atoms with Crippen LogP contribution in [0.15, 0.2) is 6.07 Å². The van der Waals surface area contributed by atoms with Gasteiger partial charge in [-0.25, -0.2) is 4.79 Å². The summed E-state index contributed by atoms with van der Waals surface area (Å²) in [4.78, 5) is 12.1. The van der Waals surface area contributed by atoms with Crippen LogP contribution in [0.3, 0.4) is 0 Å². The molecule has 1 aromatic heterocycles. The Labute approximate surface area is 107 Å². The van der Waals surface area contributed by atoms with Crippen molar-refractivity contribution in [3.63, 3.8) is 0 Å². The number of hydrogen-bond donors (Lipinski definition) is 0. The van der Waals surface area contributed by atoms with Gasteiger partial charge < -0.3 is 4.74 Å². The van der Waals surface area contributed by atoms with Crippen molar-refractivity contribution in [1.29, 1.82) is 0 Å². The quantitative estimate of drug-likeness (QED) is 0.591. The molecule has 0 amide bonds. The highest BCUT2D eigenvalue weighted by Crippen LogP contribution is 2.36. The maximum Gasteiger partial charge on any atom is 0.356 e. The lowest BCUT2D eigenvalue weighted by Crippen LogP contribution is -2.22. The third-order valence-electron chi connectivity index (χ3n) is 3.14. The number of aryl methyl sites for hydroxylation is 2. The van der Waals surface area contributed by atoms with Crippen LogP contribution in [0.5, 0.6) is 0 Å². The molecule has 1 aliphatic carbocycles. The van der Waals surface area contributed by atoms with Crippen LogP contribution in [0.25, 0.3) is 0 Å². The van der Waals surface area contributed by atoms with Crippen molar-refractivity contribution in [2.45, 2.75) is 45.8 Å². The van der Waals surface area contributed by atoms with Crippen LogP contribution in [-0.4, -0.2) is 21.9 Å². The van der Waals surface area contributed by atoms with E-state index in [9.17, 15) is 4.79 Å². The van der Waals surface area contributed by atoms with Crippen molar-refractivity contribution in [3.8, 4) is 12.3 Å². The van der Waals surface area contributed by atoms with E-state index in [2.05, 4.69) is 11.0 Å². The van der Waals surface area contributed by atoms with Crippen molar-refractivity contribution in [2.24, 2.45) is 5.92 Å². The molecule has 4 heteroatoms. The van der Waals surface area contributed by atoms with E-state index in [0.29, 0.717) is 24.6 Å². The topological polar surface area (TPSA) is 44.1 Å². The van der Waals surface area contributed by atoms with Crippen molar-refractivity contribution in [2.75, 3.05) is 0 Å². The van der Waals surface area contributed by atoms with Crippen molar-refractivity contribution >= 4 is 5.97 Å². The van der Waals surface area contributed by atoms with Crippen LogP contribution in [0.4, 0.5) is 0 Å². The van der Waals surface area contributed by atoms with Gasteiger partial charge >= 0.3 is 5.97 Å². The first-order chi connectivity index (χ1) is 8.65. The van der Waals surface area contributed by atoms with Crippen molar-refractivity contribution < 1.29 is 9.53 Å². The molecule has 96 valence electrons. The summed E-state index contributed by atoms with van der Waals surface area (Å²) in [7, 11) is 0. The van der Waals surface area contributed by atoms with E-state index in [1.54, 1.807) is 10.7 Å². The van der Waals surface area contributed by atoms with Gasteiger partial charge in [-0.05, 0) is 38.7 Å². The molecule has 18 heavy (non-hydrogen) atoms. The SMILES string of the molecule is C#CCC(OC(=O)c1cc(C)nn1CC)C1CC1. The molecule has 2 rings (SSSR count). The Balaban J connectivity index is 2.08. The number of hydrogen-bond acceptors (Lipinski definition) is 3. The predicted octanol–water partition coefficient (Wildman–Crippen LogP) is 2.17. The summed E-state index contributed by atoms with van der Waals surface area (Å²) in [5.41, 5.74) is 1.33. The largest absolute Gasteiger partial charge is 0.456 e. The lowest BCUT2D eigenvalue weighted by atomic mass is 10.2. The van der Waals surface area contributed by atoms with E-state index in [-0.39, 0.29) is 12.1 Å². The van der Waals surface area contributed by atoms with E-state index in [4.69, 9.17) is 11.2 Å². The second kappa shape index (κ2) is 5.26. The van der Waals surface area contributed by atoms with Gasteiger partial charge in [0.1, 0.15) is 11.8 Å². The zero-order valence-corrected chi connectivity index (χ0v) is 10.8. The maximum absolute atomic E-state index is 12.1. The van der Waals surface area contributed by atoms with E-state index in [1.807, 2.05) is 13.8 Å². The fourth-order valence-electron chi connectivity index (χ4n) is 2.04. The first kappa shape index (κ1) is 12.7. The highest BCUT2D eigenvalue weighted by Gasteiger charge is 2.34. The van der Waals surface area contributed by atoms with Gasteiger partial charge in [0.05, 0.1) is 5.69 Å². The monoisotopic (exact) mass is 246 g/mol. The molecule has 1 unspecified atom stereocenters. The van der Waals surface area contributed by atoms with Gasteiger partial charge in [0.25, 0.3) is 0 Å². The van der Waals surface area contributed by atoms with Gasteiger partial charge in [-0.1, -0.05) is 0 Å². The number of rotatable bonds is 5. The number of nitrogens with zero attached hydrogens (tertiary/aromatic N) is 2. The number of carbonyl (C=O) groups excluding carboxylic acids is 1. The van der Waals surface area contributed by atoms with Gasteiger partial charge in [0.15, 0.2) is 0 Å². The summed E-state index contributed by atoms with van der Waals surface area (Å²) in [6, 6.07) is 1.76. The summed E-state index contributed by atoms with van der Waals surface area (Å²) in [6.45, 7) is 4.47. The zero-order chi connectivity index (χ0) is 13.1. The molecule has 0 aromatic carbocycles. The Hall–Kier alpha value is -1.76. The molecular formula is C14H18N2O2. The van der Waals surface area contributed by atoms with E-state index in [1.165, 1.54) is 0 Å². The second-order valence-corrected chi connectivity index (χ2v) is 4.68. The molecule has 1 atom stereocenters. The fraction of sp³-hybridized carbons (Fsp3) is 0.571. The van der Waals surface area contributed by atoms with Gasteiger partial charge in [0, 0.05) is 13.0 Å². The molecule has 4 nitrogen and oxygen atoms in total. The van der Waals surface area contributed by atoms with Crippen LogP contribution in [0.2, 0.25) is 0 Å². The predicted molar refractivity (Wildman–Crippen MR) is 68.0 cm³/mol. The van der Waals surface area contributed by atoms with Crippen LogP contribution < -0.4 is 0 Å². The van der Waals surface area contributed by atoms with Gasteiger partial charge in [-0.3, -0.25) is 4.68 Å². The Morgan fingerprint density at radius 2 is 2.44 bits per heavy atom. The van der Waals surface area contributed by atoms with E-state index >= 15 is 0 Å². The summed E-state index contributed by atoms with van der Waals surface area (Å²) >= 11 is 0. The number of terminal acetylenes is 1. The Kier molecular flexibility index (Phi) is 3.71. The fourth-order valence-corrected chi connectivity index (χ4v) is 2.04. The third kappa shape index (κ3) is 2.73. The molecule has 1 fully saturated rings. The average molecular weight is 246 g/mol. The molecule has 1 saturated carbocycles. The summed E-state index contributed by atoms with van der Waals surface area (Å²) < 4.78 is 7.18. The smallest absolute Gasteiger partial charge is 0.356 e. The molecule has 0 N–H and O–H groups in total. The highest BCUT2D eigenvalue weighted by atomic mass is 16.5. The summed E-state index contributed by atoms with van der Waals surface area (Å²) in [5.74, 6) is 2.71. The van der Waals surface area contributed by atoms with Crippen molar-refractivity contribution in [1.82, 2.24) is 9.78 Å².